The van der Waals surface area contributed by atoms with E-state index >= 15 is 0 Å². The lowest BCUT2D eigenvalue weighted by atomic mass is 10.3. The van der Waals surface area contributed by atoms with Gasteiger partial charge in [-0.15, -0.1) is 11.8 Å². The van der Waals surface area contributed by atoms with Crippen molar-refractivity contribution in [3.63, 3.8) is 0 Å². The molecule has 1 aromatic rings. The molecule has 1 amide bonds. The number of amides is 1. The number of rotatable bonds is 5. The Labute approximate surface area is 105 Å². The van der Waals surface area contributed by atoms with Crippen molar-refractivity contribution in [1.82, 2.24) is 5.32 Å². The van der Waals surface area contributed by atoms with E-state index in [-0.39, 0.29) is 5.91 Å². The van der Waals surface area contributed by atoms with Crippen LogP contribution in [0, 0.1) is 0 Å². The van der Waals surface area contributed by atoms with E-state index in [1.165, 1.54) is 0 Å². The predicted molar refractivity (Wildman–Crippen MR) is 69.9 cm³/mol. The standard InChI is InChI=1S/C11H15ClN2OS/c1-14-11(15)3-2-6-16-10-5-4-8(12)7-9(10)13/h4-5,7H,2-3,6,13H2,1H3,(H,14,15). The summed E-state index contributed by atoms with van der Waals surface area (Å²) in [4.78, 5) is 12.0. The van der Waals surface area contributed by atoms with Gasteiger partial charge >= 0.3 is 0 Å². The molecular weight excluding hydrogens is 244 g/mol. The Balaban J connectivity index is 2.35. The lowest BCUT2D eigenvalue weighted by Crippen LogP contribution is -2.17. The molecule has 5 heteroatoms. The van der Waals surface area contributed by atoms with Crippen molar-refractivity contribution in [2.45, 2.75) is 17.7 Å². The zero-order valence-electron chi connectivity index (χ0n) is 9.13. The van der Waals surface area contributed by atoms with E-state index in [9.17, 15) is 4.79 Å². The van der Waals surface area contributed by atoms with E-state index < -0.39 is 0 Å². The molecule has 0 aliphatic rings. The van der Waals surface area contributed by atoms with Gasteiger partial charge in [-0.1, -0.05) is 11.6 Å². The van der Waals surface area contributed by atoms with E-state index in [0.29, 0.717) is 17.1 Å². The Hall–Kier alpha value is -0.870. The van der Waals surface area contributed by atoms with E-state index in [0.717, 1.165) is 17.1 Å². The van der Waals surface area contributed by atoms with Crippen LogP contribution in [0.15, 0.2) is 23.1 Å². The van der Waals surface area contributed by atoms with Crippen LogP contribution >= 0.6 is 23.4 Å². The highest BCUT2D eigenvalue weighted by molar-refractivity contribution is 7.99. The summed E-state index contributed by atoms with van der Waals surface area (Å²) < 4.78 is 0. The van der Waals surface area contributed by atoms with Crippen LogP contribution in [0.25, 0.3) is 0 Å². The summed E-state index contributed by atoms with van der Waals surface area (Å²) in [5.41, 5.74) is 6.50. The Bertz CT molecular complexity index is 371. The van der Waals surface area contributed by atoms with Gasteiger partial charge in [-0.05, 0) is 30.4 Å². The highest BCUT2D eigenvalue weighted by Crippen LogP contribution is 2.28. The van der Waals surface area contributed by atoms with Gasteiger partial charge in [0.15, 0.2) is 0 Å². The summed E-state index contributed by atoms with van der Waals surface area (Å²) in [5.74, 6) is 0.948. The summed E-state index contributed by atoms with van der Waals surface area (Å²) in [6.45, 7) is 0. The van der Waals surface area contributed by atoms with Crippen molar-refractivity contribution in [2.75, 3.05) is 18.5 Å². The third-order valence-electron chi connectivity index (χ3n) is 2.06. The second kappa shape index (κ2) is 6.66. The number of nitrogens with two attached hydrogens (primary N) is 1. The van der Waals surface area contributed by atoms with Crippen molar-refractivity contribution in [2.24, 2.45) is 0 Å². The first-order valence-electron chi connectivity index (χ1n) is 5.02. The topological polar surface area (TPSA) is 55.1 Å². The number of hydrogen-bond acceptors (Lipinski definition) is 3. The molecule has 1 rings (SSSR count). The van der Waals surface area contributed by atoms with Gasteiger partial charge in [0.05, 0.1) is 0 Å². The number of thioether (sulfide) groups is 1. The molecule has 0 spiro atoms. The Morgan fingerprint density at radius 2 is 2.31 bits per heavy atom. The minimum atomic E-state index is 0.0738. The van der Waals surface area contributed by atoms with Crippen LogP contribution in [0.4, 0.5) is 5.69 Å². The zero-order chi connectivity index (χ0) is 12.0. The quantitative estimate of drug-likeness (QED) is 0.485. The minimum Gasteiger partial charge on any atom is -0.398 e. The Kier molecular flexibility index (Phi) is 5.49. The average molecular weight is 259 g/mol. The number of halogens is 1. The van der Waals surface area contributed by atoms with E-state index in [4.69, 9.17) is 17.3 Å². The maximum atomic E-state index is 11.0. The average Bonchev–Trinajstić information content (AvgIpc) is 2.26. The molecule has 0 heterocycles. The molecule has 0 aromatic heterocycles. The van der Waals surface area contributed by atoms with Crippen LogP contribution in [-0.4, -0.2) is 18.7 Å². The predicted octanol–water partition coefficient (Wildman–Crippen LogP) is 2.54. The van der Waals surface area contributed by atoms with Crippen molar-refractivity contribution >= 4 is 35.0 Å². The highest BCUT2D eigenvalue weighted by Gasteiger charge is 2.02. The maximum absolute atomic E-state index is 11.0. The zero-order valence-corrected chi connectivity index (χ0v) is 10.7. The summed E-state index contributed by atoms with van der Waals surface area (Å²) in [7, 11) is 1.65. The molecule has 0 unspecified atom stereocenters. The van der Waals surface area contributed by atoms with Crippen LogP contribution in [-0.2, 0) is 4.79 Å². The van der Waals surface area contributed by atoms with Gasteiger partial charge in [0.25, 0.3) is 0 Å². The molecule has 0 fully saturated rings. The second-order valence-corrected chi connectivity index (χ2v) is 4.88. The van der Waals surface area contributed by atoms with Crippen LogP contribution < -0.4 is 11.1 Å². The van der Waals surface area contributed by atoms with Crippen molar-refractivity contribution in [3.8, 4) is 0 Å². The van der Waals surface area contributed by atoms with Gasteiger partial charge in [0, 0.05) is 29.1 Å². The first kappa shape index (κ1) is 13.2. The van der Waals surface area contributed by atoms with Crippen molar-refractivity contribution in [3.05, 3.63) is 23.2 Å². The van der Waals surface area contributed by atoms with Gasteiger partial charge in [-0.3, -0.25) is 4.79 Å². The molecule has 0 radical (unpaired) electrons. The maximum Gasteiger partial charge on any atom is 0.219 e. The molecule has 0 saturated carbocycles. The number of carbonyl (C=O) groups is 1. The highest BCUT2D eigenvalue weighted by atomic mass is 35.5. The lowest BCUT2D eigenvalue weighted by Gasteiger charge is -2.05. The molecule has 0 saturated heterocycles. The fraction of sp³-hybridized carbons (Fsp3) is 0.364. The minimum absolute atomic E-state index is 0.0738. The molecule has 1 aromatic carbocycles. The number of carbonyl (C=O) groups excluding carboxylic acids is 1. The van der Waals surface area contributed by atoms with Crippen LogP contribution in [0.3, 0.4) is 0 Å². The molecule has 0 aliphatic heterocycles. The van der Waals surface area contributed by atoms with E-state index in [1.54, 1.807) is 24.9 Å². The fourth-order valence-electron chi connectivity index (χ4n) is 1.19. The molecule has 0 atom stereocenters. The van der Waals surface area contributed by atoms with Gasteiger partial charge < -0.3 is 11.1 Å². The van der Waals surface area contributed by atoms with E-state index in [2.05, 4.69) is 5.32 Å². The first-order valence-corrected chi connectivity index (χ1v) is 6.38. The summed E-state index contributed by atoms with van der Waals surface area (Å²) in [5, 5.41) is 3.24. The van der Waals surface area contributed by atoms with Gasteiger partial charge in [-0.25, -0.2) is 0 Å². The summed E-state index contributed by atoms with van der Waals surface area (Å²) in [6.07, 6.45) is 1.39. The SMILES string of the molecule is CNC(=O)CCCSc1ccc(Cl)cc1N. The molecule has 0 bridgehead atoms. The lowest BCUT2D eigenvalue weighted by molar-refractivity contribution is -0.120. The van der Waals surface area contributed by atoms with Crippen LogP contribution in [0.1, 0.15) is 12.8 Å². The number of nitrogen functional groups attached to an aromatic ring is 1. The summed E-state index contributed by atoms with van der Waals surface area (Å²) in [6, 6.07) is 5.46. The van der Waals surface area contributed by atoms with Crippen LogP contribution in [0.2, 0.25) is 5.02 Å². The third-order valence-corrected chi connectivity index (χ3v) is 3.47. The molecule has 3 N–H and O–H groups in total. The molecular formula is C11H15ClN2OS. The van der Waals surface area contributed by atoms with Crippen molar-refractivity contribution in [1.29, 1.82) is 0 Å². The number of nitrogens with one attached hydrogen (secondary N) is 1. The van der Waals surface area contributed by atoms with Crippen LogP contribution in [0.5, 0.6) is 0 Å². The largest absolute Gasteiger partial charge is 0.398 e. The smallest absolute Gasteiger partial charge is 0.219 e. The molecule has 88 valence electrons. The Morgan fingerprint density at radius 1 is 1.56 bits per heavy atom. The molecule has 0 aliphatic carbocycles. The number of anilines is 1. The van der Waals surface area contributed by atoms with Gasteiger partial charge in [0.1, 0.15) is 0 Å². The van der Waals surface area contributed by atoms with Gasteiger partial charge in [0.2, 0.25) is 5.91 Å². The second-order valence-electron chi connectivity index (χ2n) is 3.31. The molecule has 16 heavy (non-hydrogen) atoms. The number of benzene rings is 1. The third kappa shape index (κ3) is 4.33. The molecule has 3 nitrogen and oxygen atoms in total. The fourth-order valence-corrected chi connectivity index (χ4v) is 2.27. The van der Waals surface area contributed by atoms with Crippen molar-refractivity contribution < 1.29 is 4.79 Å². The number of hydrogen-bond donors (Lipinski definition) is 2. The van der Waals surface area contributed by atoms with Gasteiger partial charge in [-0.2, -0.15) is 0 Å². The first-order chi connectivity index (χ1) is 7.63. The van der Waals surface area contributed by atoms with E-state index in [1.807, 2.05) is 12.1 Å². The monoisotopic (exact) mass is 258 g/mol. The normalized spacial score (nSPS) is 10.1. The Morgan fingerprint density at radius 3 is 2.94 bits per heavy atom. The summed E-state index contributed by atoms with van der Waals surface area (Å²) >= 11 is 7.44.